The van der Waals surface area contributed by atoms with Crippen molar-refractivity contribution in [1.82, 2.24) is 14.4 Å². The molecule has 0 aromatic carbocycles. The summed E-state index contributed by atoms with van der Waals surface area (Å²) in [5.74, 6) is -0.898. The van der Waals surface area contributed by atoms with Crippen molar-refractivity contribution in [1.29, 1.82) is 0 Å². The van der Waals surface area contributed by atoms with Gasteiger partial charge in [0.25, 0.3) is 5.91 Å². The second-order valence-electron chi connectivity index (χ2n) is 6.46. The van der Waals surface area contributed by atoms with Crippen LogP contribution in [0.1, 0.15) is 36.0 Å². The Morgan fingerprint density at radius 2 is 2.15 bits per heavy atom. The molecule has 0 bridgehead atoms. The minimum atomic E-state index is -3.71. The molecule has 1 atom stereocenters. The van der Waals surface area contributed by atoms with Crippen LogP contribution in [0.4, 0.5) is 0 Å². The highest BCUT2D eigenvalue weighted by Gasteiger charge is 2.31. The van der Waals surface area contributed by atoms with Gasteiger partial charge in [-0.2, -0.15) is 4.31 Å². The molecule has 0 spiro atoms. The Labute approximate surface area is 151 Å². The lowest BCUT2D eigenvalue weighted by Gasteiger charge is -2.34. The van der Waals surface area contributed by atoms with Gasteiger partial charge in [0.05, 0.1) is 19.0 Å². The van der Waals surface area contributed by atoms with Crippen LogP contribution in [0.3, 0.4) is 0 Å². The van der Waals surface area contributed by atoms with Crippen LogP contribution in [0.5, 0.6) is 0 Å². The second kappa shape index (κ2) is 8.14. The van der Waals surface area contributed by atoms with Crippen molar-refractivity contribution in [3.63, 3.8) is 0 Å². The fourth-order valence-electron chi connectivity index (χ4n) is 2.53. The molecule has 1 aliphatic rings. The number of morpholine rings is 1. The van der Waals surface area contributed by atoms with E-state index < -0.39 is 28.6 Å². The summed E-state index contributed by atoms with van der Waals surface area (Å²) in [5, 5.41) is 12.7. The van der Waals surface area contributed by atoms with Crippen LogP contribution in [-0.2, 0) is 19.6 Å². The Kier molecular flexibility index (Phi) is 6.37. The third kappa shape index (κ3) is 5.26. The molecule has 1 N–H and O–H groups in total. The molecule has 1 unspecified atom stereocenters. The molecule has 11 heteroatoms. The summed E-state index contributed by atoms with van der Waals surface area (Å²) >= 11 is 0. The average Bonchev–Trinajstić information content (AvgIpc) is 3.03. The van der Waals surface area contributed by atoms with E-state index in [1.807, 2.05) is 13.8 Å². The van der Waals surface area contributed by atoms with Gasteiger partial charge in [-0.15, -0.1) is 0 Å². The highest BCUT2D eigenvalue weighted by Crippen LogP contribution is 2.17. The summed E-state index contributed by atoms with van der Waals surface area (Å²) in [4.78, 5) is 24.9. The maximum Gasteiger partial charge on any atom is 0.318 e. The molecule has 2 rings (SSSR count). The van der Waals surface area contributed by atoms with E-state index in [2.05, 4.69) is 5.16 Å². The van der Waals surface area contributed by atoms with Crippen LogP contribution >= 0.6 is 0 Å². The first-order chi connectivity index (χ1) is 12.1. The van der Waals surface area contributed by atoms with Gasteiger partial charge < -0.3 is 19.3 Å². The Morgan fingerprint density at radius 1 is 1.46 bits per heavy atom. The molecule has 2 heterocycles. The standard InChI is InChI=1S/C15H23N3O7S/c1-10(2)13-6-12(16-25-13)15(21)17-4-5-24-11(7-17)8-18(9-14(19)20)26(3,22)23/h6,10-11H,4-5,7-9H2,1-3H3,(H,19,20). The zero-order chi connectivity index (χ0) is 19.5. The maximum absolute atomic E-state index is 12.6. The van der Waals surface area contributed by atoms with Gasteiger partial charge in [-0.1, -0.05) is 19.0 Å². The van der Waals surface area contributed by atoms with Crippen LogP contribution in [0.25, 0.3) is 0 Å². The summed E-state index contributed by atoms with van der Waals surface area (Å²) in [6.45, 7) is 3.71. The molecule has 0 aliphatic carbocycles. The van der Waals surface area contributed by atoms with Crippen LogP contribution in [-0.4, -0.2) is 84.9 Å². The van der Waals surface area contributed by atoms with E-state index in [9.17, 15) is 18.0 Å². The molecule has 0 saturated carbocycles. The Hall–Kier alpha value is -1.98. The van der Waals surface area contributed by atoms with Crippen molar-refractivity contribution in [2.45, 2.75) is 25.9 Å². The smallest absolute Gasteiger partial charge is 0.318 e. The lowest BCUT2D eigenvalue weighted by molar-refractivity contribution is -0.137. The molecule has 1 aromatic rings. The van der Waals surface area contributed by atoms with Crippen LogP contribution in [0.2, 0.25) is 0 Å². The number of carbonyl (C=O) groups is 2. The van der Waals surface area contributed by atoms with Gasteiger partial charge >= 0.3 is 5.97 Å². The van der Waals surface area contributed by atoms with Crippen molar-refractivity contribution in [2.24, 2.45) is 0 Å². The normalized spacial score (nSPS) is 18.5. The highest BCUT2D eigenvalue weighted by molar-refractivity contribution is 7.88. The molecule has 1 saturated heterocycles. The number of aromatic nitrogens is 1. The lowest BCUT2D eigenvalue weighted by atomic mass is 10.1. The number of hydrogen-bond acceptors (Lipinski definition) is 7. The minimum absolute atomic E-state index is 0.0980. The molecule has 26 heavy (non-hydrogen) atoms. The average molecular weight is 389 g/mol. The Balaban J connectivity index is 2.05. The van der Waals surface area contributed by atoms with Crippen LogP contribution < -0.4 is 0 Å². The van der Waals surface area contributed by atoms with E-state index in [0.717, 1.165) is 10.6 Å². The number of carboxylic acid groups (broad SMARTS) is 1. The number of amides is 1. The van der Waals surface area contributed by atoms with Crippen molar-refractivity contribution < 1.29 is 32.4 Å². The van der Waals surface area contributed by atoms with Crippen LogP contribution in [0, 0.1) is 0 Å². The molecule has 10 nitrogen and oxygen atoms in total. The van der Waals surface area contributed by atoms with Gasteiger partial charge in [-0.25, -0.2) is 8.42 Å². The third-order valence-corrected chi connectivity index (χ3v) is 5.15. The summed E-state index contributed by atoms with van der Waals surface area (Å²) in [5.41, 5.74) is 0.180. The van der Waals surface area contributed by atoms with Gasteiger partial charge in [0.15, 0.2) is 5.69 Å². The van der Waals surface area contributed by atoms with Gasteiger partial charge in [-0.3, -0.25) is 9.59 Å². The number of rotatable bonds is 7. The summed E-state index contributed by atoms with van der Waals surface area (Å²) in [6.07, 6.45) is 0.308. The zero-order valence-corrected chi connectivity index (χ0v) is 15.7. The van der Waals surface area contributed by atoms with Gasteiger partial charge in [0, 0.05) is 31.6 Å². The second-order valence-corrected chi connectivity index (χ2v) is 8.44. The summed E-state index contributed by atoms with van der Waals surface area (Å²) < 4.78 is 35.0. The Morgan fingerprint density at radius 3 is 2.69 bits per heavy atom. The first-order valence-corrected chi connectivity index (χ1v) is 9.97. The zero-order valence-electron chi connectivity index (χ0n) is 14.9. The first kappa shape index (κ1) is 20.3. The molecule has 0 radical (unpaired) electrons. The van der Waals surface area contributed by atoms with Crippen molar-refractivity contribution >= 4 is 21.9 Å². The molecule has 1 aromatic heterocycles. The monoisotopic (exact) mass is 389 g/mol. The van der Waals surface area contributed by atoms with Crippen LogP contribution in [0.15, 0.2) is 10.6 Å². The topological polar surface area (TPSA) is 130 Å². The van der Waals surface area contributed by atoms with E-state index >= 15 is 0 Å². The Bertz CT molecular complexity index is 759. The van der Waals surface area contributed by atoms with Crippen molar-refractivity contribution in [3.8, 4) is 0 Å². The number of carboxylic acids is 1. The predicted octanol–water partition coefficient (Wildman–Crippen LogP) is -0.0148. The molecule has 1 amide bonds. The predicted molar refractivity (Wildman–Crippen MR) is 90.3 cm³/mol. The fourth-order valence-corrected chi connectivity index (χ4v) is 3.32. The number of hydrogen-bond donors (Lipinski definition) is 1. The molecular formula is C15H23N3O7S. The SMILES string of the molecule is CC(C)c1cc(C(=O)N2CCOC(CN(CC(=O)O)S(C)(=O)=O)C2)no1. The maximum atomic E-state index is 12.6. The number of sulfonamides is 1. The van der Waals surface area contributed by atoms with E-state index in [-0.39, 0.29) is 37.2 Å². The molecule has 1 fully saturated rings. The molecular weight excluding hydrogens is 366 g/mol. The molecule has 1 aliphatic heterocycles. The largest absolute Gasteiger partial charge is 0.480 e. The molecule has 146 valence electrons. The fraction of sp³-hybridized carbons (Fsp3) is 0.667. The highest BCUT2D eigenvalue weighted by atomic mass is 32.2. The first-order valence-electron chi connectivity index (χ1n) is 8.12. The quantitative estimate of drug-likeness (QED) is 0.689. The lowest BCUT2D eigenvalue weighted by Crippen LogP contribution is -2.51. The minimum Gasteiger partial charge on any atom is -0.480 e. The van der Waals surface area contributed by atoms with Gasteiger partial charge in [-0.05, 0) is 0 Å². The van der Waals surface area contributed by atoms with E-state index in [1.165, 1.54) is 4.90 Å². The van der Waals surface area contributed by atoms with Crippen molar-refractivity contribution in [3.05, 3.63) is 17.5 Å². The third-order valence-electron chi connectivity index (χ3n) is 3.93. The number of ether oxygens (including phenoxy) is 1. The summed E-state index contributed by atoms with van der Waals surface area (Å²) in [7, 11) is -3.71. The van der Waals surface area contributed by atoms with Gasteiger partial charge in [0.2, 0.25) is 10.0 Å². The van der Waals surface area contributed by atoms with Crippen molar-refractivity contribution in [2.75, 3.05) is 39.0 Å². The van der Waals surface area contributed by atoms with Gasteiger partial charge in [0.1, 0.15) is 12.3 Å². The number of carbonyl (C=O) groups excluding carboxylic acids is 1. The summed E-state index contributed by atoms with van der Waals surface area (Å²) in [6, 6.07) is 1.59. The number of aliphatic carboxylic acids is 1. The van der Waals surface area contributed by atoms with E-state index in [4.69, 9.17) is 14.4 Å². The van der Waals surface area contributed by atoms with E-state index in [1.54, 1.807) is 6.07 Å². The van der Waals surface area contributed by atoms with E-state index in [0.29, 0.717) is 12.3 Å². The number of nitrogens with zero attached hydrogens (tertiary/aromatic N) is 3.